The van der Waals surface area contributed by atoms with E-state index in [-0.39, 0.29) is 11.8 Å². The number of aromatic nitrogens is 1. The summed E-state index contributed by atoms with van der Waals surface area (Å²) in [6.45, 7) is 0. The predicted molar refractivity (Wildman–Crippen MR) is 84.9 cm³/mol. The zero-order chi connectivity index (χ0) is 15.1. The van der Waals surface area contributed by atoms with Gasteiger partial charge in [-0.3, -0.25) is 4.79 Å². The van der Waals surface area contributed by atoms with Crippen molar-refractivity contribution in [1.29, 1.82) is 0 Å². The number of nitrogens with zero attached hydrogens (tertiary/aromatic N) is 1. The zero-order valence-corrected chi connectivity index (χ0v) is 12.4. The molecule has 1 aliphatic carbocycles. The van der Waals surface area contributed by atoms with Gasteiger partial charge in [0.25, 0.3) is 0 Å². The summed E-state index contributed by atoms with van der Waals surface area (Å²) in [5, 5.41) is 5.89. The summed E-state index contributed by atoms with van der Waals surface area (Å²) in [5.74, 6) is 0.129. The fourth-order valence-electron chi connectivity index (χ4n) is 2.25. The second kappa shape index (κ2) is 5.06. The zero-order valence-electron chi connectivity index (χ0n) is 11.5. The fraction of sp³-hybridized carbons (Fsp3) is 0.188. The van der Waals surface area contributed by atoms with Crippen LogP contribution in [-0.2, 0) is 4.79 Å². The van der Waals surface area contributed by atoms with Crippen molar-refractivity contribution in [2.75, 3.05) is 5.32 Å². The lowest BCUT2D eigenvalue weighted by atomic mass is 10.1. The van der Waals surface area contributed by atoms with Crippen LogP contribution >= 0.6 is 11.3 Å². The minimum atomic E-state index is -0.427. The molecule has 1 saturated carbocycles. The van der Waals surface area contributed by atoms with Crippen molar-refractivity contribution >= 4 is 33.3 Å². The molecular weight excluding hydrogens is 300 g/mol. The second-order valence-electron chi connectivity index (χ2n) is 5.29. The molecule has 0 unspecified atom stereocenters. The Labute approximate surface area is 129 Å². The summed E-state index contributed by atoms with van der Waals surface area (Å²) in [6, 6.07) is 9.10. The fourth-order valence-corrected chi connectivity index (χ4v) is 2.96. The molecule has 0 aliphatic heterocycles. The van der Waals surface area contributed by atoms with Gasteiger partial charge < -0.3 is 9.73 Å². The Morgan fingerprint density at radius 2 is 2.14 bits per heavy atom. The van der Waals surface area contributed by atoms with E-state index in [1.807, 2.05) is 18.2 Å². The lowest BCUT2D eigenvalue weighted by molar-refractivity contribution is -0.117. The molecule has 2 aromatic heterocycles. The second-order valence-corrected chi connectivity index (χ2v) is 6.14. The van der Waals surface area contributed by atoms with Crippen LogP contribution in [0.25, 0.3) is 22.2 Å². The van der Waals surface area contributed by atoms with Crippen LogP contribution in [0.5, 0.6) is 0 Å². The van der Waals surface area contributed by atoms with E-state index in [9.17, 15) is 9.59 Å². The van der Waals surface area contributed by atoms with Gasteiger partial charge in [0, 0.05) is 16.7 Å². The molecule has 4 rings (SSSR count). The first-order valence-electron chi connectivity index (χ1n) is 7.00. The van der Waals surface area contributed by atoms with Crippen molar-refractivity contribution in [3.05, 3.63) is 46.1 Å². The summed E-state index contributed by atoms with van der Waals surface area (Å²) in [5.41, 5.74) is 1.05. The standard InChI is InChI=1S/C16H12N2O3S/c19-14(9-5-6-9)18-16-17-12(8-22-16)11-7-10-3-1-2-4-13(10)21-15(11)20/h1-4,7-9H,5-6H2,(H,17,18,19). The molecule has 5 nitrogen and oxygen atoms in total. The van der Waals surface area contributed by atoms with E-state index >= 15 is 0 Å². The molecule has 0 saturated heterocycles. The number of nitrogens with one attached hydrogen (secondary N) is 1. The third-order valence-electron chi connectivity index (χ3n) is 3.60. The van der Waals surface area contributed by atoms with Crippen LogP contribution < -0.4 is 10.9 Å². The van der Waals surface area contributed by atoms with Gasteiger partial charge in [-0.2, -0.15) is 0 Å². The average molecular weight is 312 g/mol. The Bertz CT molecular complexity index is 924. The Morgan fingerprint density at radius 1 is 1.32 bits per heavy atom. The van der Waals surface area contributed by atoms with Gasteiger partial charge in [-0.05, 0) is 25.0 Å². The normalized spacial score (nSPS) is 14.2. The molecule has 0 atom stereocenters. The smallest absolute Gasteiger partial charge is 0.345 e. The number of hydrogen-bond acceptors (Lipinski definition) is 5. The number of hydrogen-bond donors (Lipinski definition) is 1. The van der Waals surface area contributed by atoms with Gasteiger partial charge in [-0.15, -0.1) is 11.3 Å². The Hall–Kier alpha value is -2.47. The number of thiazole rings is 1. The minimum Gasteiger partial charge on any atom is -0.422 e. The van der Waals surface area contributed by atoms with Gasteiger partial charge in [0.2, 0.25) is 5.91 Å². The van der Waals surface area contributed by atoms with Gasteiger partial charge in [0.05, 0.1) is 11.3 Å². The number of fused-ring (bicyclic) bond motifs is 1. The largest absolute Gasteiger partial charge is 0.422 e. The number of rotatable bonds is 3. The van der Waals surface area contributed by atoms with Crippen LogP contribution in [0.1, 0.15) is 12.8 Å². The molecule has 1 N–H and O–H groups in total. The van der Waals surface area contributed by atoms with Crippen molar-refractivity contribution in [3.8, 4) is 11.3 Å². The summed E-state index contributed by atoms with van der Waals surface area (Å²) in [7, 11) is 0. The first kappa shape index (κ1) is 13.2. The van der Waals surface area contributed by atoms with Gasteiger partial charge in [-0.1, -0.05) is 18.2 Å². The van der Waals surface area contributed by atoms with Crippen molar-refractivity contribution < 1.29 is 9.21 Å². The highest BCUT2D eigenvalue weighted by Crippen LogP contribution is 2.31. The number of para-hydroxylation sites is 1. The topological polar surface area (TPSA) is 72.2 Å². The third kappa shape index (κ3) is 2.42. The van der Waals surface area contributed by atoms with Crippen LogP contribution in [0.15, 0.2) is 44.9 Å². The van der Waals surface area contributed by atoms with Gasteiger partial charge >= 0.3 is 5.63 Å². The molecule has 0 bridgehead atoms. The third-order valence-corrected chi connectivity index (χ3v) is 4.36. The maximum absolute atomic E-state index is 12.1. The molecule has 1 amide bonds. The van der Waals surface area contributed by atoms with E-state index in [4.69, 9.17) is 4.42 Å². The van der Waals surface area contributed by atoms with Crippen LogP contribution in [0, 0.1) is 5.92 Å². The lowest BCUT2D eigenvalue weighted by Crippen LogP contribution is -2.13. The summed E-state index contributed by atoms with van der Waals surface area (Å²) < 4.78 is 5.31. The number of benzene rings is 1. The SMILES string of the molecule is O=C(Nc1nc(-c2cc3ccccc3oc2=O)cs1)C1CC1. The quantitative estimate of drug-likeness (QED) is 0.753. The maximum atomic E-state index is 12.1. The van der Waals surface area contributed by atoms with Gasteiger partial charge in [0.15, 0.2) is 5.13 Å². The van der Waals surface area contributed by atoms with Crippen LogP contribution in [0.2, 0.25) is 0 Å². The maximum Gasteiger partial charge on any atom is 0.345 e. The molecule has 22 heavy (non-hydrogen) atoms. The minimum absolute atomic E-state index is 0.00597. The van der Waals surface area contributed by atoms with Crippen molar-refractivity contribution in [1.82, 2.24) is 4.98 Å². The van der Waals surface area contributed by atoms with Crippen molar-refractivity contribution in [2.45, 2.75) is 12.8 Å². The molecule has 0 radical (unpaired) electrons. The van der Waals surface area contributed by atoms with Crippen molar-refractivity contribution in [3.63, 3.8) is 0 Å². The number of anilines is 1. The predicted octanol–water partition coefficient (Wildman–Crippen LogP) is 3.27. The Balaban J connectivity index is 1.69. The van der Waals surface area contributed by atoms with Gasteiger partial charge in [-0.25, -0.2) is 9.78 Å². The van der Waals surface area contributed by atoms with Crippen LogP contribution in [0.3, 0.4) is 0 Å². The highest BCUT2D eigenvalue weighted by molar-refractivity contribution is 7.14. The summed E-state index contributed by atoms with van der Waals surface area (Å²) >= 11 is 1.31. The Kier molecular flexibility index (Phi) is 3.04. The summed E-state index contributed by atoms with van der Waals surface area (Å²) in [4.78, 5) is 28.2. The van der Waals surface area contributed by atoms with E-state index in [2.05, 4.69) is 10.3 Å². The van der Waals surface area contributed by atoms with E-state index in [0.717, 1.165) is 18.2 Å². The molecule has 0 spiro atoms. The number of amides is 1. The lowest BCUT2D eigenvalue weighted by Gasteiger charge is -2.00. The van der Waals surface area contributed by atoms with Gasteiger partial charge in [0.1, 0.15) is 5.58 Å². The number of carbonyl (C=O) groups is 1. The van der Waals surface area contributed by atoms with Crippen LogP contribution in [-0.4, -0.2) is 10.9 Å². The van der Waals surface area contributed by atoms with Crippen LogP contribution in [0.4, 0.5) is 5.13 Å². The average Bonchev–Trinajstić information content (AvgIpc) is 3.27. The number of carbonyl (C=O) groups excluding carboxylic acids is 1. The monoisotopic (exact) mass is 312 g/mol. The first-order chi connectivity index (χ1) is 10.7. The molecule has 3 aromatic rings. The van der Waals surface area contributed by atoms with Crippen molar-refractivity contribution in [2.24, 2.45) is 5.92 Å². The summed E-state index contributed by atoms with van der Waals surface area (Å²) in [6.07, 6.45) is 1.89. The van der Waals surface area contributed by atoms with E-state index in [1.165, 1.54) is 11.3 Å². The van der Waals surface area contributed by atoms with E-state index in [0.29, 0.717) is 22.0 Å². The molecular formula is C16H12N2O3S. The molecule has 6 heteroatoms. The molecule has 1 aromatic carbocycles. The van der Waals surface area contributed by atoms with E-state index in [1.54, 1.807) is 17.5 Å². The first-order valence-corrected chi connectivity index (χ1v) is 7.88. The molecule has 2 heterocycles. The Morgan fingerprint density at radius 3 is 2.95 bits per heavy atom. The highest BCUT2D eigenvalue weighted by atomic mass is 32.1. The molecule has 1 aliphatic rings. The molecule has 110 valence electrons. The highest BCUT2D eigenvalue weighted by Gasteiger charge is 2.30. The van der Waals surface area contributed by atoms with E-state index < -0.39 is 5.63 Å². The molecule has 1 fully saturated rings.